The van der Waals surface area contributed by atoms with Gasteiger partial charge in [0.1, 0.15) is 0 Å². The summed E-state index contributed by atoms with van der Waals surface area (Å²) < 4.78 is 0. The second-order valence-corrected chi connectivity index (χ2v) is 0.263. The van der Waals surface area contributed by atoms with Gasteiger partial charge in [0.2, 0.25) is 0 Å². The van der Waals surface area contributed by atoms with Crippen LogP contribution in [0, 0.1) is 0 Å². The number of hydrogen-bond donors (Lipinski definition) is 0. The van der Waals surface area contributed by atoms with E-state index in [4.69, 9.17) is 5.26 Å². The Bertz CT molecular complexity index is 21.6. The van der Waals surface area contributed by atoms with Gasteiger partial charge in [0.25, 0.3) is 0 Å². The molecule has 2 nitrogen and oxygen atoms in total. The standard InChI is InChI=1S/C2H4O2.Na/c1-2-4-3;/h2-3H,1H2;/q;+1/p-1. The Morgan fingerprint density at radius 2 is 2.00 bits per heavy atom. The van der Waals surface area contributed by atoms with Gasteiger partial charge in [-0.3, -0.25) is 0 Å². The van der Waals surface area contributed by atoms with Gasteiger partial charge in [-0.15, -0.1) is 0 Å². The van der Waals surface area contributed by atoms with Crippen molar-refractivity contribution in [2.24, 2.45) is 0 Å². The van der Waals surface area contributed by atoms with E-state index < -0.39 is 0 Å². The van der Waals surface area contributed by atoms with Crippen molar-refractivity contribution in [2.75, 3.05) is 0 Å². The minimum atomic E-state index is 0. The summed E-state index contributed by atoms with van der Waals surface area (Å²) in [5.41, 5.74) is 0. The molecule has 0 amide bonds. The molecule has 5 heavy (non-hydrogen) atoms. The molecular weight excluding hydrogens is 79.0 g/mol. The van der Waals surface area contributed by atoms with Crippen molar-refractivity contribution in [2.45, 2.75) is 0 Å². The number of rotatable bonds is 1. The molecule has 0 N–H and O–H groups in total. The molecule has 0 saturated heterocycles. The molecule has 0 saturated carbocycles. The Morgan fingerprint density at radius 3 is 2.00 bits per heavy atom. The van der Waals surface area contributed by atoms with Gasteiger partial charge in [0.15, 0.2) is 0 Å². The summed E-state index contributed by atoms with van der Waals surface area (Å²) in [5, 5.41) is 8.68. The fourth-order valence-corrected chi connectivity index (χ4v) is 0. The molecule has 0 aliphatic carbocycles. The van der Waals surface area contributed by atoms with Gasteiger partial charge < -0.3 is 10.1 Å². The van der Waals surface area contributed by atoms with Gasteiger partial charge in [-0.1, -0.05) is 6.58 Å². The fourth-order valence-electron chi connectivity index (χ4n) is 0. The first-order valence-electron chi connectivity index (χ1n) is 0.811. The summed E-state index contributed by atoms with van der Waals surface area (Å²) >= 11 is 0. The van der Waals surface area contributed by atoms with Gasteiger partial charge >= 0.3 is 29.6 Å². The van der Waals surface area contributed by atoms with Gasteiger partial charge in [0, 0.05) is 0 Å². The monoisotopic (exact) mass is 82.0 g/mol. The van der Waals surface area contributed by atoms with E-state index in [1.54, 1.807) is 0 Å². The van der Waals surface area contributed by atoms with Crippen LogP contribution in [0.2, 0.25) is 0 Å². The van der Waals surface area contributed by atoms with E-state index in [9.17, 15) is 0 Å². The molecule has 0 aliphatic rings. The van der Waals surface area contributed by atoms with E-state index in [2.05, 4.69) is 11.5 Å². The van der Waals surface area contributed by atoms with Crippen LogP contribution in [0.5, 0.6) is 0 Å². The molecule has 0 aromatic carbocycles. The molecule has 0 aliphatic heterocycles. The van der Waals surface area contributed by atoms with E-state index in [-0.39, 0.29) is 29.6 Å². The first-order valence-corrected chi connectivity index (χ1v) is 0.811. The van der Waals surface area contributed by atoms with Crippen molar-refractivity contribution in [1.82, 2.24) is 0 Å². The molecular formula is C2H3NaO2. The minimum absolute atomic E-state index is 0. The van der Waals surface area contributed by atoms with Crippen molar-refractivity contribution in [3.05, 3.63) is 12.8 Å². The van der Waals surface area contributed by atoms with Crippen LogP contribution in [0.25, 0.3) is 0 Å². The van der Waals surface area contributed by atoms with Crippen molar-refractivity contribution in [1.29, 1.82) is 0 Å². The molecule has 0 fully saturated rings. The van der Waals surface area contributed by atoms with Gasteiger partial charge in [-0.05, 0) is 0 Å². The third-order valence-electron chi connectivity index (χ3n) is 0.0680. The van der Waals surface area contributed by atoms with Crippen LogP contribution in [0.3, 0.4) is 0 Å². The fraction of sp³-hybridized carbons (Fsp3) is 0. The molecule has 0 unspecified atom stereocenters. The molecule has 0 rings (SSSR count). The van der Waals surface area contributed by atoms with Gasteiger partial charge in [-0.25, -0.2) is 0 Å². The molecule has 0 aromatic rings. The normalized spacial score (nSPS) is 4.20. The second kappa shape index (κ2) is 8.82. The molecule has 0 atom stereocenters. The summed E-state index contributed by atoms with van der Waals surface area (Å²) in [6.45, 7) is 2.94. The molecule has 24 valence electrons. The quantitative estimate of drug-likeness (QED) is 0.142. The summed E-state index contributed by atoms with van der Waals surface area (Å²) in [5.74, 6) is 0. The van der Waals surface area contributed by atoms with Crippen LogP contribution in [0.1, 0.15) is 0 Å². The van der Waals surface area contributed by atoms with E-state index in [0.717, 1.165) is 6.26 Å². The Hall–Kier alpha value is 0.500. The van der Waals surface area contributed by atoms with E-state index in [1.165, 1.54) is 0 Å². The van der Waals surface area contributed by atoms with E-state index >= 15 is 0 Å². The summed E-state index contributed by atoms with van der Waals surface area (Å²) in [6, 6.07) is 0. The van der Waals surface area contributed by atoms with Crippen molar-refractivity contribution in [3.63, 3.8) is 0 Å². The zero-order valence-electron chi connectivity index (χ0n) is 3.10. The maximum absolute atomic E-state index is 8.68. The first kappa shape index (κ1) is 9.09. The minimum Gasteiger partial charge on any atom is -0.664 e. The summed E-state index contributed by atoms with van der Waals surface area (Å²) in [7, 11) is 0. The number of hydrogen-bond acceptors (Lipinski definition) is 2. The van der Waals surface area contributed by atoms with Crippen LogP contribution < -0.4 is 34.8 Å². The first-order chi connectivity index (χ1) is 1.91. The smallest absolute Gasteiger partial charge is 0.664 e. The van der Waals surface area contributed by atoms with Crippen LogP contribution >= 0.6 is 0 Å². The molecule has 3 heteroatoms. The topological polar surface area (TPSA) is 32.3 Å². The molecule has 0 spiro atoms. The predicted molar refractivity (Wildman–Crippen MR) is 11.3 cm³/mol. The van der Waals surface area contributed by atoms with Crippen molar-refractivity contribution in [3.8, 4) is 0 Å². The largest absolute Gasteiger partial charge is 1.00 e. The second-order valence-electron chi connectivity index (χ2n) is 0.263. The predicted octanol–water partition coefficient (Wildman–Crippen LogP) is -3.57. The van der Waals surface area contributed by atoms with Crippen molar-refractivity contribution < 1.29 is 39.7 Å². The summed E-state index contributed by atoms with van der Waals surface area (Å²) in [4.78, 5) is 3.06. The van der Waals surface area contributed by atoms with Crippen LogP contribution in [-0.2, 0) is 4.89 Å². The van der Waals surface area contributed by atoms with Crippen LogP contribution in [0.4, 0.5) is 0 Å². The average molecular weight is 82.0 g/mol. The van der Waals surface area contributed by atoms with Gasteiger partial charge in [-0.2, -0.15) is 0 Å². The van der Waals surface area contributed by atoms with Crippen LogP contribution in [-0.4, -0.2) is 0 Å². The molecule has 0 radical (unpaired) electrons. The zero-order chi connectivity index (χ0) is 3.41. The van der Waals surface area contributed by atoms with E-state index in [0.29, 0.717) is 0 Å². The summed E-state index contributed by atoms with van der Waals surface area (Å²) in [6.07, 6.45) is 0.819. The Labute approximate surface area is 52.7 Å². The third kappa shape index (κ3) is 12.5. The van der Waals surface area contributed by atoms with Gasteiger partial charge in [0.05, 0.1) is 6.26 Å². The zero-order valence-corrected chi connectivity index (χ0v) is 5.10. The molecule has 0 aromatic heterocycles. The molecule has 0 heterocycles. The van der Waals surface area contributed by atoms with Crippen molar-refractivity contribution >= 4 is 0 Å². The Kier molecular flexibility index (Phi) is 16.0. The Balaban J connectivity index is 0. The van der Waals surface area contributed by atoms with E-state index in [1.807, 2.05) is 0 Å². The van der Waals surface area contributed by atoms with Crippen LogP contribution in [0.15, 0.2) is 12.8 Å². The maximum atomic E-state index is 8.68. The maximum Gasteiger partial charge on any atom is 1.00 e. The molecule has 0 bridgehead atoms. The average Bonchev–Trinajstić information content (AvgIpc) is 1.37. The third-order valence-corrected chi connectivity index (χ3v) is 0.0680. The Morgan fingerprint density at radius 1 is 1.80 bits per heavy atom. The SMILES string of the molecule is C=CO[O-].[Na+].